The molecule has 4 heterocycles. The number of ether oxygens (including phenoxy) is 4. The van der Waals surface area contributed by atoms with Crippen molar-refractivity contribution >= 4 is 65.1 Å². The Labute approximate surface area is 469 Å². The summed E-state index contributed by atoms with van der Waals surface area (Å²) in [5, 5.41) is 54.5. The number of hydrogen-bond donors (Lipinski definition) is 9. The van der Waals surface area contributed by atoms with Gasteiger partial charge in [-0.3, -0.25) is 39.0 Å². The van der Waals surface area contributed by atoms with E-state index in [4.69, 9.17) is 18.9 Å². The van der Waals surface area contributed by atoms with Crippen LogP contribution in [0.5, 0.6) is 5.75 Å². The maximum atomic E-state index is 13.5. The zero-order valence-electron chi connectivity index (χ0n) is 46.4. The number of likely N-dealkylation sites (tertiary alicyclic amines) is 1. The Kier molecular flexibility index (Phi) is 22.0. The maximum absolute atomic E-state index is 13.5. The molecule has 2 fully saturated rings. The third-order valence-electron chi connectivity index (χ3n) is 13.0. The van der Waals surface area contributed by atoms with E-state index in [2.05, 4.69) is 26.6 Å². The average Bonchev–Trinajstić information content (AvgIpc) is 3.98. The van der Waals surface area contributed by atoms with Gasteiger partial charge in [-0.25, -0.2) is 14.2 Å². The number of nitrogens with one attached hydrogen (secondary N) is 5. The first-order valence-electron chi connectivity index (χ1n) is 26.9. The van der Waals surface area contributed by atoms with Gasteiger partial charge in [-0.1, -0.05) is 18.9 Å². The van der Waals surface area contributed by atoms with Crippen molar-refractivity contribution in [2.75, 3.05) is 50.0 Å². The highest BCUT2D eigenvalue weighted by molar-refractivity contribution is 6.15. The molecule has 0 bridgehead atoms. The Hall–Kier alpha value is -7.77. The molecule has 9 N–H and O–H groups in total. The molecule has 6 atom stereocenters. The zero-order valence-corrected chi connectivity index (χ0v) is 46.4. The van der Waals surface area contributed by atoms with Gasteiger partial charge < -0.3 is 65.5 Å². The first-order valence-corrected chi connectivity index (χ1v) is 26.9. The molecule has 6 rings (SSSR count). The largest absolute Gasteiger partial charge is 0.460 e. The molecule has 8 amide bonds. The number of carbonyl (C=O) groups is 8. The summed E-state index contributed by atoms with van der Waals surface area (Å²) in [4.78, 5) is 105. The van der Waals surface area contributed by atoms with Crippen molar-refractivity contribution in [1.82, 2.24) is 25.8 Å². The van der Waals surface area contributed by atoms with E-state index in [0.717, 1.165) is 44.3 Å². The minimum absolute atomic E-state index is 0.0367. The van der Waals surface area contributed by atoms with Crippen LogP contribution in [0.15, 0.2) is 85.2 Å². The van der Waals surface area contributed by atoms with Crippen LogP contribution in [0.4, 0.5) is 21.0 Å². The number of rotatable bonds is 22. The molecule has 2 saturated heterocycles. The van der Waals surface area contributed by atoms with Crippen LogP contribution < -0.4 is 35.9 Å². The number of aliphatic hydroxyl groups is 4. The number of aromatic nitrogens is 1. The molecule has 0 unspecified atom stereocenters. The van der Waals surface area contributed by atoms with Crippen LogP contribution in [-0.2, 0) is 44.7 Å². The van der Waals surface area contributed by atoms with Crippen LogP contribution in [-0.4, -0.2) is 165 Å². The van der Waals surface area contributed by atoms with Crippen LogP contribution in [0.2, 0.25) is 0 Å². The van der Waals surface area contributed by atoms with Crippen LogP contribution in [0.1, 0.15) is 102 Å². The molecular weight excluding hydrogens is 1050 g/mol. The van der Waals surface area contributed by atoms with Crippen molar-refractivity contribution in [3.05, 3.63) is 102 Å². The summed E-state index contributed by atoms with van der Waals surface area (Å²) in [7, 11) is 0. The Bertz CT molecular complexity index is 2780. The summed E-state index contributed by atoms with van der Waals surface area (Å²) in [5.74, 6) is -2.98. The number of amides is 8. The van der Waals surface area contributed by atoms with E-state index in [1.165, 1.54) is 12.1 Å². The molecule has 3 aliphatic heterocycles. The van der Waals surface area contributed by atoms with Crippen molar-refractivity contribution in [3.8, 4) is 5.75 Å². The first-order chi connectivity index (χ1) is 38.4. The fourth-order valence-corrected chi connectivity index (χ4v) is 9.02. The van der Waals surface area contributed by atoms with Gasteiger partial charge in [-0.2, -0.15) is 0 Å². The Morgan fingerprint density at radius 2 is 1.51 bits per heavy atom. The van der Waals surface area contributed by atoms with Crippen LogP contribution in [0, 0.1) is 5.92 Å². The number of anilines is 2. The summed E-state index contributed by atoms with van der Waals surface area (Å²) in [6.07, 6.45) is 3.21. The summed E-state index contributed by atoms with van der Waals surface area (Å²) in [5.41, 5.74) is 0.857. The number of aliphatic hydroxyl groups excluding tert-OH is 4. The number of alkyl carbamates (subject to hydrolysis) is 1. The van der Waals surface area contributed by atoms with Crippen LogP contribution in [0.25, 0.3) is 6.08 Å². The summed E-state index contributed by atoms with van der Waals surface area (Å²) in [6, 6.07) is 13.7. The number of imide groups is 1. The van der Waals surface area contributed by atoms with Crippen molar-refractivity contribution in [3.63, 3.8) is 0 Å². The highest BCUT2D eigenvalue weighted by atomic mass is 16.7. The quantitative estimate of drug-likeness (QED) is 0.0302. The third kappa shape index (κ3) is 19.2. The van der Waals surface area contributed by atoms with Crippen LogP contribution in [0.3, 0.4) is 0 Å². The number of unbranched alkanes of at least 4 members (excludes halogenated alkanes) is 1. The van der Waals surface area contributed by atoms with Gasteiger partial charge >= 0.3 is 12.2 Å². The topological polar surface area (TPSA) is 325 Å². The molecule has 0 saturated carbocycles. The summed E-state index contributed by atoms with van der Waals surface area (Å²) < 4.78 is 23.9. The lowest BCUT2D eigenvalue weighted by Crippen LogP contribution is -2.60. The zero-order chi connectivity index (χ0) is 59.0. The maximum Gasteiger partial charge on any atom is 0.412 e. The molecule has 3 aliphatic rings. The lowest BCUT2D eigenvalue weighted by atomic mass is 9.91. The van der Waals surface area contributed by atoms with Gasteiger partial charge in [0.2, 0.25) is 24.0 Å². The van der Waals surface area contributed by atoms with Crippen LogP contribution >= 0.6 is 0 Å². The van der Waals surface area contributed by atoms with E-state index in [9.17, 15) is 58.8 Å². The highest BCUT2D eigenvalue weighted by Gasteiger charge is 2.45. The van der Waals surface area contributed by atoms with Gasteiger partial charge in [0.05, 0.1) is 18.8 Å². The van der Waals surface area contributed by atoms with Gasteiger partial charge in [-0.05, 0) is 115 Å². The third-order valence-corrected chi connectivity index (χ3v) is 13.0. The Balaban J connectivity index is 0.998. The SMILES string of the molecule is CC(C)(C)OC(=O)NC[C@@H](C(=O)NCCC(=O)Nc1cc(C[n+]2cccc(/C=C/C(=O)NCCCCC3CCN(C(=O)c4cccc(NC(=O)OC(C)(C)C)c4)CC3)c2)ccc1O[C@H]1O[C@H](CO)[C@@H](O)[C@H](O)[C@@H]1O)N1C(=O)C=CC1=O. The number of piperidine rings is 1. The van der Waals surface area contributed by atoms with E-state index < -0.39 is 96.9 Å². The predicted octanol–water partition coefficient (Wildman–Crippen LogP) is 2.66. The van der Waals surface area contributed by atoms with Gasteiger partial charge in [-0.15, -0.1) is 0 Å². The average molecular weight is 1130 g/mol. The second kappa shape index (κ2) is 28.6. The molecule has 0 spiro atoms. The Morgan fingerprint density at radius 1 is 0.802 bits per heavy atom. The standard InChI is InChI=1S/C57H74N8O16/c1-56(2,3)80-54(76)60-31-41(65-46(69)19-20-47(65)70)51(74)59-25-21-45(68)62-40-29-37(15-17-42(40)78-53-50(73)49(72)48(71)43(34-66)79-53)33-63-26-10-12-36(32-63)16-18-44(67)58-24-8-7-11-35-22-27-64(28-23-35)52(75)38-13-9-14-39(30-38)61-55(77)81-57(4,5)6/h9-10,12-20,26,29-30,32,35,41,43,48-50,53,66,71-73H,7-8,11,21-25,27-28,31,33-34H2,1-6H3,(H4-,58,59,60,61,62,67,68,74,76,77)/p+1/b18-16+/t41-,43+,48+,49-,50-,53-/m0/s1. The minimum Gasteiger partial charge on any atom is -0.460 e. The minimum atomic E-state index is -1.77. The number of benzene rings is 2. The molecule has 3 aromatic rings. The van der Waals surface area contributed by atoms with Crippen molar-refractivity contribution in [2.24, 2.45) is 5.92 Å². The summed E-state index contributed by atoms with van der Waals surface area (Å²) >= 11 is 0. The van der Waals surface area contributed by atoms with Gasteiger partial charge in [0.15, 0.2) is 18.9 Å². The first kappa shape index (κ1) is 62.4. The van der Waals surface area contributed by atoms with Crippen molar-refractivity contribution in [1.29, 1.82) is 0 Å². The second-order valence-electron chi connectivity index (χ2n) is 21.9. The molecule has 1 aromatic heterocycles. The molecule has 24 nitrogen and oxygen atoms in total. The van der Waals surface area contributed by atoms with Gasteiger partial charge in [0.25, 0.3) is 17.7 Å². The van der Waals surface area contributed by atoms with Gasteiger partial charge in [0.1, 0.15) is 47.4 Å². The van der Waals surface area contributed by atoms with E-state index in [-0.39, 0.29) is 42.8 Å². The molecule has 2 aromatic carbocycles. The molecule has 0 radical (unpaired) electrons. The fourth-order valence-electron chi connectivity index (χ4n) is 9.02. The lowest BCUT2D eigenvalue weighted by molar-refractivity contribution is -0.688. The van der Waals surface area contributed by atoms with E-state index >= 15 is 0 Å². The monoisotopic (exact) mass is 1130 g/mol. The van der Waals surface area contributed by atoms with Crippen molar-refractivity contribution < 1.29 is 82.3 Å². The fraction of sp³-hybridized carbons (Fsp3) is 0.491. The van der Waals surface area contributed by atoms with E-state index in [1.54, 1.807) is 102 Å². The highest BCUT2D eigenvalue weighted by Crippen LogP contribution is 2.31. The number of nitrogens with zero attached hydrogens (tertiary/aromatic N) is 3. The molecule has 24 heteroatoms. The number of carbonyl (C=O) groups excluding carboxylic acids is 8. The number of hydrogen-bond acceptors (Lipinski definition) is 16. The van der Waals surface area contributed by atoms with E-state index in [1.807, 2.05) is 15.5 Å². The predicted molar refractivity (Wildman–Crippen MR) is 293 cm³/mol. The molecule has 0 aliphatic carbocycles. The van der Waals surface area contributed by atoms with Crippen molar-refractivity contribution in [2.45, 2.75) is 135 Å². The number of pyridine rings is 1. The second-order valence-corrected chi connectivity index (χ2v) is 21.9. The molecule has 81 heavy (non-hydrogen) atoms. The smallest absolute Gasteiger partial charge is 0.412 e. The Morgan fingerprint density at radius 3 is 2.20 bits per heavy atom. The van der Waals surface area contributed by atoms with Gasteiger partial charge in [0, 0.05) is 79.3 Å². The lowest BCUT2D eigenvalue weighted by Gasteiger charge is -2.39. The molecular formula is C57H75N8O16+. The normalized spacial score (nSPS) is 19.9. The summed E-state index contributed by atoms with van der Waals surface area (Å²) in [6.45, 7) is 10.7. The molecule has 438 valence electrons. The van der Waals surface area contributed by atoms with E-state index in [0.29, 0.717) is 52.8 Å².